The van der Waals surface area contributed by atoms with E-state index in [0.29, 0.717) is 5.76 Å². The molecule has 5 heteroatoms. The Balaban J connectivity index is 2.12. The lowest BCUT2D eigenvalue weighted by Gasteiger charge is -2.11. The molecule has 0 spiro atoms. The molecule has 0 bridgehead atoms. The summed E-state index contributed by atoms with van der Waals surface area (Å²) < 4.78 is 11.1. The molecule has 0 aliphatic heterocycles. The molecule has 2 aromatic carbocycles. The molecule has 0 aliphatic rings. The van der Waals surface area contributed by atoms with Crippen LogP contribution in [0.3, 0.4) is 0 Å². The quantitative estimate of drug-likeness (QED) is 0.696. The van der Waals surface area contributed by atoms with Crippen molar-refractivity contribution in [1.29, 1.82) is 0 Å². The second-order valence-electron chi connectivity index (χ2n) is 5.88. The molecular weight excluding hydrogens is 320 g/mol. The van der Waals surface area contributed by atoms with Crippen LogP contribution in [0.15, 0.2) is 63.3 Å². The molecule has 3 aromatic rings. The van der Waals surface area contributed by atoms with Gasteiger partial charge in [0.2, 0.25) is 5.75 Å². The minimum absolute atomic E-state index is 0.0234. The molecular formula is C20H18O5. The summed E-state index contributed by atoms with van der Waals surface area (Å²) in [5.74, 6) is -0.495. The van der Waals surface area contributed by atoms with E-state index in [-0.39, 0.29) is 29.1 Å². The van der Waals surface area contributed by atoms with Crippen molar-refractivity contribution < 1.29 is 19.4 Å². The van der Waals surface area contributed by atoms with Gasteiger partial charge in [-0.25, -0.2) is 0 Å². The molecule has 1 aromatic heterocycles. The van der Waals surface area contributed by atoms with E-state index in [4.69, 9.17) is 9.15 Å². The highest BCUT2D eigenvalue weighted by molar-refractivity contribution is 5.89. The second kappa shape index (κ2) is 6.73. The summed E-state index contributed by atoms with van der Waals surface area (Å²) in [7, 11) is 0. The Hall–Kier alpha value is -3.21. The third kappa shape index (κ3) is 3.35. The van der Waals surface area contributed by atoms with Gasteiger partial charge in [0.15, 0.2) is 16.9 Å². The Morgan fingerprint density at radius 1 is 1.16 bits per heavy atom. The molecule has 0 aliphatic carbocycles. The van der Waals surface area contributed by atoms with Crippen molar-refractivity contribution in [3.05, 3.63) is 64.3 Å². The van der Waals surface area contributed by atoms with Gasteiger partial charge in [0.05, 0.1) is 0 Å². The zero-order valence-electron chi connectivity index (χ0n) is 13.9. The molecule has 5 nitrogen and oxygen atoms in total. The van der Waals surface area contributed by atoms with Gasteiger partial charge in [-0.3, -0.25) is 4.79 Å². The molecule has 0 saturated heterocycles. The second-order valence-corrected chi connectivity index (χ2v) is 5.88. The molecule has 0 atom stereocenters. The molecule has 25 heavy (non-hydrogen) atoms. The Morgan fingerprint density at radius 2 is 1.88 bits per heavy atom. The lowest BCUT2D eigenvalue weighted by Crippen LogP contribution is -2.03. The van der Waals surface area contributed by atoms with E-state index in [1.165, 1.54) is 12.1 Å². The number of benzene rings is 2. The van der Waals surface area contributed by atoms with Crippen molar-refractivity contribution >= 4 is 11.0 Å². The van der Waals surface area contributed by atoms with Gasteiger partial charge in [0.25, 0.3) is 0 Å². The molecule has 128 valence electrons. The smallest absolute Gasteiger partial charge is 0.204 e. The van der Waals surface area contributed by atoms with Crippen molar-refractivity contribution in [1.82, 2.24) is 0 Å². The summed E-state index contributed by atoms with van der Waals surface area (Å²) in [4.78, 5) is 12.5. The van der Waals surface area contributed by atoms with Crippen molar-refractivity contribution in [2.24, 2.45) is 0 Å². The summed E-state index contributed by atoms with van der Waals surface area (Å²) in [5.41, 5.74) is 1.44. The van der Waals surface area contributed by atoms with Gasteiger partial charge in [-0.15, -0.1) is 0 Å². The predicted molar refractivity (Wildman–Crippen MR) is 96.2 cm³/mol. The Morgan fingerprint density at radius 3 is 2.56 bits per heavy atom. The van der Waals surface area contributed by atoms with Gasteiger partial charge in [-0.05, 0) is 19.9 Å². The summed E-state index contributed by atoms with van der Waals surface area (Å²) in [6.07, 6.45) is 1.80. The van der Waals surface area contributed by atoms with Crippen LogP contribution >= 0.6 is 0 Å². The predicted octanol–water partition coefficient (Wildman–Crippen LogP) is 4.22. The van der Waals surface area contributed by atoms with Crippen LogP contribution in [0.5, 0.6) is 17.2 Å². The zero-order valence-corrected chi connectivity index (χ0v) is 13.9. The number of rotatable bonds is 4. The van der Waals surface area contributed by atoms with Crippen LogP contribution in [-0.2, 0) is 0 Å². The van der Waals surface area contributed by atoms with Crippen LogP contribution < -0.4 is 10.2 Å². The van der Waals surface area contributed by atoms with Crippen molar-refractivity contribution in [2.45, 2.75) is 13.8 Å². The van der Waals surface area contributed by atoms with Gasteiger partial charge in [-0.2, -0.15) is 0 Å². The lowest BCUT2D eigenvalue weighted by atomic mass is 10.1. The maximum atomic E-state index is 12.5. The third-order valence-corrected chi connectivity index (χ3v) is 3.70. The fourth-order valence-corrected chi connectivity index (χ4v) is 2.45. The fourth-order valence-electron chi connectivity index (χ4n) is 2.45. The van der Waals surface area contributed by atoms with E-state index in [2.05, 4.69) is 0 Å². The first-order valence-corrected chi connectivity index (χ1v) is 7.81. The summed E-state index contributed by atoms with van der Waals surface area (Å²) >= 11 is 0. The minimum atomic E-state index is -0.425. The van der Waals surface area contributed by atoms with Crippen molar-refractivity contribution in [3.63, 3.8) is 0 Å². The highest BCUT2D eigenvalue weighted by Crippen LogP contribution is 2.41. The third-order valence-electron chi connectivity index (χ3n) is 3.70. The first-order chi connectivity index (χ1) is 12.0. The fraction of sp³-hybridized carbons (Fsp3) is 0.150. The van der Waals surface area contributed by atoms with E-state index >= 15 is 0 Å². The number of hydrogen-bond donors (Lipinski definition) is 2. The topological polar surface area (TPSA) is 79.9 Å². The highest BCUT2D eigenvalue weighted by atomic mass is 16.5. The number of fused-ring (bicyclic) bond motifs is 1. The van der Waals surface area contributed by atoms with E-state index in [1.54, 1.807) is 18.2 Å². The first-order valence-electron chi connectivity index (χ1n) is 7.81. The number of aromatic hydroxyl groups is 2. The maximum Gasteiger partial charge on any atom is 0.204 e. The van der Waals surface area contributed by atoms with Crippen LogP contribution in [0.1, 0.15) is 13.8 Å². The van der Waals surface area contributed by atoms with E-state index < -0.39 is 11.2 Å². The number of ether oxygens (including phenoxy) is 1. The van der Waals surface area contributed by atoms with E-state index in [1.807, 2.05) is 32.0 Å². The minimum Gasteiger partial charge on any atom is -0.504 e. The molecule has 0 saturated carbocycles. The largest absolute Gasteiger partial charge is 0.504 e. The van der Waals surface area contributed by atoms with Gasteiger partial charge in [-0.1, -0.05) is 35.9 Å². The molecule has 0 fully saturated rings. The van der Waals surface area contributed by atoms with Gasteiger partial charge >= 0.3 is 0 Å². The molecule has 3 rings (SSSR count). The monoisotopic (exact) mass is 338 g/mol. The van der Waals surface area contributed by atoms with Crippen molar-refractivity contribution in [2.75, 3.05) is 6.61 Å². The number of hydrogen-bond acceptors (Lipinski definition) is 5. The standard InChI is InChI=1S/C20H18O5/c1-12(2)8-9-24-20-15(22)11-17-18(19(20)23)14(21)10-16(25-17)13-6-4-3-5-7-13/h3-8,10-11,22-23H,9H2,1-2H3. The van der Waals surface area contributed by atoms with E-state index in [0.717, 1.165) is 11.1 Å². The van der Waals surface area contributed by atoms with Gasteiger partial charge < -0.3 is 19.4 Å². The Bertz CT molecular complexity index is 996. The van der Waals surface area contributed by atoms with Crippen molar-refractivity contribution in [3.8, 4) is 28.6 Å². The summed E-state index contributed by atoms with van der Waals surface area (Å²) in [6.45, 7) is 3.98. The van der Waals surface area contributed by atoms with Crippen LogP contribution in [-0.4, -0.2) is 16.8 Å². The van der Waals surface area contributed by atoms with Crippen LogP contribution in [0.4, 0.5) is 0 Å². The molecule has 1 heterocycles. The highest BCUT2D eigenvalue weighted by Gasteiger charge is 2.19. The van der Waals surface area contributed by atoms with Crippen LogP contribution in [0.2, 0.25) is 0 Å². The number of phenolic OH excluding ortho intramolecular Hbond substituents is 2. The SMILES string of the molecule is CC(C)=CCOc1c(O)cc2oc(-c3ccccc3)cc(=O)c2c1O. The first kappa shape index (κ1) is 16.6. The molecule has 0 amide bonds. The lowest BCUT2D eigenvalue weighted by molar-refractivity contribution is 0.314. The Kier molecular flexibility index (Phi) is 4.48. The summed E-state index contributed by atoms with van der Waals surface area (Å²) in [6, 6.07) is 11.7. The maximum absolute atomic E-state index is 12.5. The normalized spacial score (nSPS) is 10.6. The molecule has 2 N–H and O–H groups in total. The average molecular weight is 338 g/mol. The molecule has 0 radical (unpaired) electrons. The number of phenols is 2. The number of allylic oxidation sites excluding steroid dienone is 1. The van der Waals surface area contributed by atoms with Gasteiger partial charge in [0.1, 0.15) is 23.3 Å². The summed E-state index contributed by atoms with van der Waals surface area (Å²) in [5, 5.41) is 20.5. The van der Waals surface area contributed by atoms with Crippen LogP contribution in [0.25, 0.3) is 22.3 Å². The zero-order chi connectivity index (χ0) is 18.0. The average Bonchev–Trinajstić information content (AvgIpc) is 2.57. The Labute approximate surface area is 144 Å². The molecule has 0 unspecified atom stereocenters. The van der Waals surface area contributed by atoms with E-state index in [9.17, 15) is 15.0 Å². The van der Waals surface area contributed by atoms with Crippen LogP contribution in [0, 0.1) is 0 Å². The van der Waals surface area contributed by atoms with Gasteiger partial charge in [0, 0.05) is 17.7 Å².